The molecule has 2 aromatic rings. The third-order valence-corrected chi connectivity index (χ3v) is 3.88. The fourth-order valence-electron chi connectivity index (χ4n) is 2.66. The number of hydrogen-bond acceptors (Lipinski definition) is 4. The number of carbonyl (C=O) groups excluding carboxylic acids is 2. The van der Waals surface area contributed by atoms with Crippen molar-refractivity contribution in [2.75, 3.05) is 25.5 Å². The summed E-state index contributed by atoms with van der Waals surface area (Å²) in [6.07, 6.45) is 4.71. The second kappa shape index (κ2) is 9.56. The molecule has 6 nitrogen and oxygen atoms in total. The molecule has 0 aliphatic carbocycles. The molecule has 0 saturated heterocycles. The van der Waals surface area contributed by atoms with Gasteiger partial charge in [0, 0.05) is 25.5 Å². The minimum absolute atomic E-state index is 0.104. The molecule has 1 aromatic carbocycles. The number of benzene rings is 1. The Morgan fingerprint density at radius 2 is 1.73 bits per heavy atom. The molecular formula is C20H25N3O3. The van der Waals surface area contributed by atoms with Crippen LogP contribution < -0.4 is 10.1 Å². The van der Waals surface area contributed by atoms with Gasteiger partial charge in [-0.25, -0.2) is 0 Å². The fraction of sp³-hybridized carbons (Fsp3) is 0.350. The summed E-state index contributed by atoms with van der Waals surface area (Å²) in [6, 6.07) is 8.73. The lowest BCUT2D eigenvalue weighted by atomic mass is 10.1. The Kier molecular flexibility index (Phi) is 7.14. The summed E-state index contributed by atoms with van der Waals surface area (Å²) in [4.78, 5) is 31.1. The van der Waals surface area contributed by atoms with Gasteiger partial charge in [-0.3, -0.25) is 14.6 Å². The van der Waals surface area contributed by atoms with E-state index in [-0.39, 0.29) is 11.8 Å². The molecule has 0 aliphatic rings. The average Bonchev–Trinajstić information content (AvgIpc) is 2.67. The van der Waals surface area contributed by atoms with Crippen molar-refractivity contribution in [2.24, 2.45) is 0 Å². The van der Waals surface area contributed by atoms with E-state index in [0.29, 0.717) is 35.7 Å². The second-order valence-corrected chi connectivity index (χ2v) is 5.91. The third-order valence-electron chi connectivity index (χ3n) is 3.88. The Morgan fingerprint density at radius 1 is 1.08 bits per heavy atom. The average molecular weight is 355 g/mol. The molecule has 0 aliphatic heterocycles. The van der Waals surface area contributed by atoms with Gasteiger partial charge in [-0.1, -0.05) is 26.0 Å². The van der Waals surface area contributed by atoms with Gasteiger partial charge in [-0.2, -0.15) is 0 Å². The van der Waals surface area contributed by atoms with Crippen molar-refractivity contribution in [1.82, 2.24) is 9.88 Å². The van der Waals surface area contributed by atoms with Crippen LogP contribution in [-0.2, 0) is 0 Å². The summed E-state index contributed by atoms with van der Waals surface area (Å²) in [6.45, 7) is 5.44. The number of hydrogen-bond donors (Lipinski definition) is 1. The number of methoxy groups -OCH3 is 1. The number of anilines is 1. The number of amides is 2. The summed E-state index contributed by atoms with van der Waals surface area (Å²) in [5.74, 6) is 0.125. The highest BCUT2D eigenvalue weighted by Crippen LogP contribution is 2.23. The van der Waals surface area contributed by atoms with Gasteiger partial charge in [0.1, 0.15) is 5.75 Å². The molecule has 0 radical (unpaired) electrons. The number of rotatable bonds is 8. The maximum atomic E-state index is 12.7. The van der Waals surface area contributed by atoms with Crippen molar-refractivity contribution >= 4 is 17.5 Å². The molecule has 138 valence electrons. The first-order valence-electron chi connectivity index (χ1n) is 8.79. The molecule has 0 unspecified atom stereocenters. The highest BCUT2D eigenvalue weighted by molar-refractivity contribution is 6.06. The molecule has 2 amide bonds. The minimum Gasteiger partial charge on any atom is -0.495 e. The Morgan fingerprint density at radius 3 is 2.38 bits per heavy atom. The summed E-state index contributed by atoms with van der Waals surface area (Å²) in [5.41, 5.74) is 1.31. The zero-order chi connectivity index (χ0) is 18.9. The van der Waals surface area contributed by atoms with Gasteiger partial charge in [0.15, 0.2) is 0 Å². The fourth-order valence-corrected chi connectivity index (χ4v) is 2.66. The SMILES string of the molecule is CCCN(CCC)C(=O)c1cncc(C(=O)Nc2ccccc2OC)c1. The van der Waals surface area contributed by atoms with Gasteiger partial charge in [0.2, 0.25) is 0 Å². The number of nitrogens with one attached hydrogen (secondary N) is 1. The highest BCUT2D eigenvalue weighted by atomic mass is 16.5. The first kappa shape index (κ1) is 19.4. The molecule has 0 saturated carbocycles. The lowest BCUT2D eigenvalue weighted by Crippen LogP contribution is -2.32. The van der Waals surface area contributed by atoms with Gasteiger partial charge in [0.25, 0.3) is 11.8 Å². The van der Waals surface area contributed by atoms with E-state index in [1.165, 1.54) is 12.4 Å². The van der Waals surface area contributed by atoms with E-state index in [9.17, 15) is 9.59 Å². The quantitative estimate of drug-likeness (QED) is 0.785. The van der Waals surface area contributed by atoms with Gasteiger partial charge < -0.3 is 15.0 Å². The van der Waals surface area contributed by atoms with Crippen LogP contribution in [0.15, 0.2) is 42.7 Å². The molecule has 1 heterocycles. The molecule has 0 fully saturated rings. The van der Waals surface area contributed by atoms with E-state index >= 15 is 0 Å². The largest absolute Gasteiger partial charge is 0.495 e. The molecule has 1 aromatic heterocycles. The molecular weight excluding hydrogens is 330 g/mol. The van der Waals surface area contributed by atoms with Crippen LogP contribution in [0.4, 0.5) is 5.69 Å². The summed E-state index contributed by atoms with van der Waals surface area (Å²) in [7, 11) is 1.54. The van der Waals surface area contributed by atoms with Crippen LogP contribution in [0.3, 0.4) is 0 Å². The summed E-state index contributed by atoms with van der Waals surface area (Å²) in [5, 5.41) is 2.79. The Hall–Kier alpha value is -2.89. The summed E-state index contributed by atoms with van der Waals surface area (Å²) >= 11 is 0. The van der Waals surface area contributed by atoms with Crippen molar-refractivity contribution in [3.63, 3.8) is 0 Å². The zero-order valence-electron chi connectivity index (χ0n) is 15.5. The predicted octanol–water partition coefficient (Wildman–Crippen LogP) is 3.60. The maximum Gasteiger partial charge on any atom is 0.257 e. The van der Waals surface area contributed by atoms with E-state index < -0.39 is 0 Å². The Labute approximate surface area is 154 Å². The van der Waals surface area contributed by atoms with Crippen LogP contribution in [0, 0.1) is 0 Å². The molecule has 6 heteroatoms. The number of aromatic nitrogens is 1. The zero-order valence-corrected chi connectivity index (χ0v) is 15.5. The lowest BCUT2D eigenvalue weighted by Gasteiger charge is -2.21. The van der Waals surface area contributed by atoms with Crippen molar-refractivity contribution in [2.45, 2.75) is 26.7 Å². The molecule has 26 heavy (non-hydrogen) atoms. The maximum absolute atomic E-state index is 12.7. The first-order chi connectivity index (χ1) is 12.6. The second-order valence-electron chi connectivity index (χ2n) is 5.91. The summed E-state index contributed by atoms with van der Waals surface area (Å²) < 4.78 is 5.24. The molecule has 1 N–H and O–H groups in total. The van der Waals surface area contributed by atoms with E-state index in [2.05, 4.69) is 10.3 Å². The van der Waals surface area contributed by atoms with E-state index in [0.717, 1.165) is 12.8 Å². The van der Waals surface area contributed by atoms with E-state index in [4.69, 9.17) is 4.74 Å². The number of nitrogens with zero attached hydrogens (tertiary/aromatic N) is 2. The monoisotopic (exact) mass is 355 g/mol. The topological polar surface area (TPSA) is 71.5 Å². The predicted molar refractivity (Wildman–Crippen MR) is 102 cm³/mol. The van der Waals surface area contributed by atoms with Crippen molar-refractivity contribution < 1.29 is 14.3 Å². The van der Waals surface area contributed by atoms with Crippen LogP contribution in [0.2, 0.25) is 0 Å². The highest BCUT2D eigenvalue weighted by Gasteiger charge is 2.17. The van der Waals surface area contributed by atoms with Crippen LogP contribution in [0.1, 0.15) is 47.4 Å². The van der Waals surface area contributed by atoms with E-state index in [1.807, 2.05) is 26.0 Å². The van der Waals surface area contributed by atoms with E-state index in [1.54, 1.807) is 30.2 Å². The van der Waals surface area contributed by atoms with Crippen molar-refractivity contribution in [3.05, 3.63) is 53.9 Å². The smallest absolute Gasteiger partial charge is 0.257 e. The number of ether oxygens (including phenoxy) is 1. The Bertz CT molecular complexity index is 755. The number of pyridine rings is 1. The van der Waals surface area contributed by atoms with Gasteiger partial charge >= 0.3 is 0 Å². The molecule has 0 atom stereocenters. The first-order valence-corrected chi connectivity index (χ1v) is 8.79. The molecule has 0 spiro atoms. The normalized spacial score (nSPS) is 10.3. The Balaban J connectivity index is 2.19. The molecule has 0 bridgehead atoms. The van der Waals surface area contributed by atoms with Gasteiger partial charge in [-0.15, -0.1) is 0 Å². The lowest BCUT2D eigenvalue weighted by molar-refractivity contribution is 0.0755. The van der Waals surface area contributed by atoms with Crippen LogP contribution in [-0.4, -0.2) is 41.9 Å². The van der Waals surface area contributed by atoms with Gasteiger partial charge in [0.05, 0.1) is 23.9 Å². The molecule has 2 rings (SSSR count). The van der Waals surface area contributed by atoms with Crippen LogP contribution >= 0.6 is 0 Å². The van der Waals surface area contributed by atoms with Crippen molar-refractivity contribution in [1.29, 1.82) is 0 Å². The standard InChI is InChI=1S/C20H25N3O3/c1-4-10-23(11-5-2)20(25)16-12-15(13-21-14-16)19(24)22-17-8-6-7-9-18(17)26-3/h6-9,12-14H,4-5,10-11H2,1-3H3,(H,22,24). The van der Waals surface area contributed by atoms with Crippen molar-refractivity contribution in [3.8, 4) is 5.75 Å². The minimum atomic E-state index is -0.339. The number of carbonyl (C=O) groups is 2. The number of para-hydroxylation sites is 2. The van der Waals surface area contributed by atoms with Crippen LogP contribution in [0.25, 0.3) is 0 Å². The third kappa shape index (κ3) is 4.81. The van der Waals surface area contributed by atoms with Gasteiger partial charge in [-0.05, 0) is 31.0 Å². The van der Waals surface area contributed by atoms with Crippen LogP contribution in [0.5, 0.6) is 5.75 Å².